The summed E-state index contributed by atoms with van der Waals surface area (Å²) in [6.07, 6.45) is 8.12. The number of aromatic nitrogens is 6. The molecule has 27 heavy (non-hydrogen) atoms. The fourth-order valence-corrected chi connectivity index (χ4v) is 3.99. The van der Waals surface area contributed by atoms with Gasteiger partial charge in [-0.1, -0.05) is 19.9 Å². The van der Waals surface area contributed by atoms with Crippen LogP contribution in [0.4, 0.5) is 5.82 Å². The maximum atomic E-state index is 4.90. The molecular formula is C20H23N7. The zero-order chi connectivity index (χ0) is 18.4. The largest absolute Gasteiger partial charge is 0.354 e. The normalized spacial score (nSPS) is 18.0. The van der Waals surface area contributed by atoms with E-state index < -0.39 is 0 Å². The van der Waals surface area contributed by atoms with E-state index in [1.807, 2.05) is 12.3 Å². The molecule has 0 aromatic carbocycles. The van der Waals surface area contributed by atoms with Crippen molar-refractivity contribution < 1.29 is 0 Å². The van der Waals surface area contributed by atoms with Crippen LogP contribution in [-0.2, 0) is 0 Å². The molecule has 0 radical (unpaired) electrons. The minimum absolute atomic E-state index is 0.268. The molecule has 7 nitrogen and oxygen atoms in total. The summed E-state index contributed by atoms with van der Waals surface area (Å²) in [5.74, 6) is 2.51. The molecule has 1 N–H and O–H groups in total. The molecule has 138 valence electrons. The smallest absolute Gasteiger partial charge is 0.183 e. The van der Waals surface area contributed by atoms with Gasteiger partial charge in [0, 0.05) is 43.0 Å². The lowest BCUT2D eigenvalue weighted by atomic mass is 9.95. The van der Waals surface area contributed by atoms with Crippen LogP contribution in [0.2, 0.25) is 0 Å². The highest BCUT2D eigenvalue weighted by atomic mass is 15.2. The van der Waals surface area contributed by atoms with Crippen molar-refractivity contribution in [3.8, 4) is 0 Å². The Balaban J connectivity index is 1.53. The van der Waals surface area contributed by atoms with Crippen molar-refractivity contribution in [2.24, 2.45) is 0 Å². The van der Waals surface area contributed by atoms with E-state index in [1.165, 1.54) is 5.69 Å². The maximum absolute atomic E-state index is 4.90. The van der Waals surface area contributed by atoms with Gasteiger partial charge in [-0.3, -0.25) is 0 Å². The van der Waals surface area contributed by atoms with E-state index in [2.05, 4.69) is 61.4 Å². The summed E-state index contributed by atoms with van der Waals surface area (Å²) in [5.41, 5.74) is 3.96. The molecule has 1 fully saturated rings. The number of piperidine rings is 1. The first-order valence-corrected chi connectivity index (χ1v) is 9.58. The number of fused-ring (bicyclic) bond motifs is 2. The minimum atomic E-state index is 0.268. The summed E-state index contributed by atoms with van der Waals surface area (Å²) in [6.45, 7) is 6.16. The molecule has 1 unspecified atom stereocenters. The molecule has 0 spiro atoms. The maximum Gasteiger partial charge on any atom is 0.183 e. The van der Waals surface area contributed by atoms with Gasteiger partial charge in [0.2, 0.25) is 0 Å². The quantitative estimate of drug-likeness (QED) is 0.604. The van der Waals surface area contributed by atoms with Gasteiger partial charge < -0.3 is 14.3 Å². The second-order valence-corrected chi connectivity index (χ2v) is 7.56. The van der Waals surface area contributed by atoms with Crippen molar-refractivity contribution in [1.82, 2.24) is 29.3 Å². The van der Waals surface area contributed by atoms with E-state index in [1.54, 1.807) is 6.33 Å². The fourth-order valence-electron chi connectivity index (χ4n) is 3.99. The van der Waals surface area contributed by atoms with Gasteiger partial charge >= 0.3 is 0 Å². The van der Waals surface area contributed by atoms with Crippen molar-refractivity contribution in [2.45, 2.75) is 38.5 Å². The summed E-state index contributed by atoms with van der Waals surface area (Å²) >= 11 is 0. The van der Waals surface area contributed by atoms with Crippen LogP contribution in [0, 0.1) is 0 Å². The van der Waals surface area contributed by atoms with E-state index in [0.29, 0.717) is 5.92 Å². The lowest BCUT2D eigenvalue weighted by molar-refractivity contribution is 0.496. The van der Waals surface area contributed by atoms with Crippen LogP contribution in [0.3, 0.4) is 0 Å². The van der Waals surface area contributed by atoms with Crippen LogP contribution >= 0.6 is 0 Å². The Morgan fingerprint density at radius 2 is 2.11 bits per heavy atom. The molecule has 7 heteroatoms. The number of rotatable bonds is 3. The van der Waals surface area contributed by atoms with Crippen LogP contribution in [0.25, 0.3) is 16.8 Å². The lowest BCUT2D eigenvalue weighted by Crippen LogP contribution is -2.35. The number of pyridine rings is 1. The van der Waals surface area contributed by atoms with Crippen LogP contribution in [0.15, 0.2) is 36.9 Å². The summed E-state index contributed by atoms with van der Waals surface area (Å²) in [5, 5.41) is 0. The van der Waals surface area contributed by atoms with E-state index >= 15 is 0 Å². The third-order valence-electron chi connectivity index (χ3n) is 5.39. The molecule has 1 aliphatic heterocycles. The third kappa shape index (κ3) is 2.74. The summed E-state index contributed by atoms with van der Waals surface area (Å²) in [6, 6.07) is 6.15. The highest BCUT2D eigenvalue weighted by molar-refractivity contribution is 5.83. The highest BCUT2D eigenvalue weighted by Gasteiger charge is 2.27. The number of anilines is 1. The molecule has 0 saturated carbocycles. The van der Waals surface area contributed by atoms with Gasteiger partial charge in [0.25, 0.3) is 0 Å². The van der Waals surface area contributed by atoms with Gasteiger partial charge in [-0.05, 0) is 25.0 Å². The second-order valence-electron chi connectivity index (χ2n) is 7.56. The topological polar surface area (TPSA) is 75.0 Å². The van der Waals surface area contributed by atoms with Crippen molar-refractivity contribution in [3.05, 3.63) is 48.4 Å². The van der Waals surface area contributed by atoms with Gasteiger partial charge in [0.1, 0.15) is 17.0 Å². The van der Waals surface area contributed by atoms with Crippen molar-refractivity contribution in [1.29, 1.82) is 0 Å². The Hall–Kier alpha value is -2.96. The fraction of sp³-hybridized carbons (Fsp3) is 0.400. The SMILES string of the molecule is CC(C)c1nc(N2CCCC(c3cnc4ccccn34)C2)c2[nH]cnc2n1. The Kier molecular flexibility index (Phi) is 3.81. The zero-order valence-corrected chi connectivity index (χ0v) is 15.6. The molecule has 1 saturated heterocycles. The first-order valence-electron chi connectivity index (χ1n) is 9.58. The van der Waals surface area contributed by atoms with Crippen LogP contribution < -0.4 is 4.90 Å². The van der Waals surface area contributed by atoms with E-state index in [9.17, 15) is 0 Å². The molecular weight excluding hydrogens is 338 g/mol. The zero-order valence-electron chi connectivity index (χ0n) is 15.6. The van der Waals surface area contributed by atoms with Crippen LogP contribution in [0.5, 0.6) is 0 Å². The van der Waals surface area contributed by atoms with Crippen LogP contribution in [0.1, 0.15) is 50.0 Å². The molecule has 1 atom stereocenters. The Morgan fingerprint density at radius 3 is 3.00 bits per heavy atom. The molecule has 1 aliphatic rings. The number of aromatic amines is 1. The summed E-state index contributed by atoms with van der Waals surface area (Å²) in [4.78, 5) is 24.1. The highest BCUT2D eigenvalue weighted by Crippen LogP contribution is 2.32. The molecule has 0 bridgehead atoms. The first kappa shape index (κ1) is 16.2. The number of hydrogen-bond acceptors (Lipinski definition) is 5. The lowest BCUT2D eigenvalue weighted by Gasteiger charge is -2.33. The molecule has 5 heterocycles. The predicted molar refractivity (Wildman–Crippen MR) is 105 cm³/mol. The standard InChI is InChI=1S/C20H23N7/c1-13(2)18-24-19-17(22-12-23-19)20(25-18)26-8-5-6-14(11-26)15-10-21-16-7-3-4-9-27(15)16/h3-4,7,9-10,12-14H,5-6,8,11H2,1-2H3,(H,22,23,24,25). The molecule has 5 rings (SSSR count). The Morgan fingerprint density at radius 1 is 1.19 bits per heavy atom. The van der Waals surface area contributed by atoms with Crippen molar-refractivity contribution in [3.63, 3.8) is 0 Å². The summed E-state index contributed by atoms with van der Waals surface area (Å²) < 4.78 is 2.21. The van der Waals surface area contributed by atoms with Gasteiger partial charge in [-0.15, -0.1) is 0 Å². The Labute approximate surface area is 157 Å². The first-order chi connectivity index (χ1) is 13.2. The number of imidazole rings is 2. The number of hydrogen-bond donors (Lipinski definition) is 1. The van der Waals surface area contributed by atoms with E-state index in [4.69, 9.17) is 4.98 Å². The molecule has 4 aromatic heterocycles. The van der Waals surface area contributed by atoms with Gasteiger partial charge in [0.15, 0.2) is 11.5 Å². The van der Waals surface area contributed by atoms with Crippen molar-refractivity contribution in [2.75, 3.05) is 18.0 Å². The Bertz CT molecular complexity index is 1090. The molecule has 0 amide bonds. The van der Waals surface area contributed by atoms with Crippen molar-refractivity contribution >= 4 is 22.6 Å². The second kappa shape index (κ2) is 6.33. The summed E-state index contributed by atoms with van der Waals surface area (Å²) in [7, 11) is 0. The average Bonchev–Trinajstić information content (AvgIpc) is 3.34. The minimum Gasteiger partial charge on any atom is -0.354 e. The number of nitrogens with one attached hydrogen (secondary N) is 1. The molecule has 4 aromatic rings. The van der Waals surface area contributed by atoms with Crippen LogP contribution in [-0.4, -0.2) is 42.4 Å². The van der Waals surface area contributed by atoms with E-state index in [-0.39, 0.29) is 5.92 Å². The van der Waals surface area contributed by atoms with Gasteiger partial charge in [-0.25, -0.2) is 19.9 Å². The van der Waals surface area contributed by atoms with Gasteiger partial charge in [0.05, 0.1) is 6.33 Å². The monoisotopic (exact) mass is 361 g/mol. The third-order valence-corrected chi connectivity index (χ3v) is 5.39. The average molecular weight is 361 g/mol. The number of nitrogens with zero attached hydrogens (tertiary/aromatic N) is 6. The number of H-pyrrole nitrogens is 1. The van der Waals surface area contributed by atoms with Gasteiger partial charge in [-0.2, -0.15) is 0 Å². The predicted octanol–water partition coefficient (Wildman–Crippen LogP) is 3.51. The molecule has 0 aliphatic carbocycles. The van der Waals surface area contributed by atoms with E-state index in [0.717, 1.165) is 54.4 Å².